The number of benzene rings is 1. The molecule has 2 nitrogen and oxygen atoms in total. The van der Waals surface area contributed by atoms with Gasteiger partial charge in [-0.2, -0.15) is 0 Å². The molecule has 0 spiro atoms. The van der Waals surface area contributed by atoms with Crippen molar-refractivity contribution in [1.29, 1.82) is 0 Å². The van der Waals surface area contributed by atoms with E-state index in [1.807, 2.05) is 30.3 Å². The molecule has 104 valence electrons. The first-order valence-corrected chi connectivity index (χ1v) is 7.32. The minimum Gasteiger partial charge on any atom is -0.351 e. The average Bonchev–Trinajstić information content (AvgIpc) is 2.43. The Morgan fingerprint density at radius 2 is 1.84 bits per heavy atom. The molecule has 0 aliphatic heterocycles. The van der Waals surface area contributed by atoms with E-state index in [9.17, 15) is 4.79 Å². The highest BCUT2D eigenvalue weighted by Crippen LogP contribution is 2.10. The van der Waals surface area contributed by atoms with E-state index in [2.05, 4.69) is 12.2 Å². The molecule has 0 saturated carbocycles. The fourth-order valence-corrected chi connectivity index (χ4v) is 1.97. The van der Waals surface area contributed by atoms with Crippen LogP contribution in [0.5, 0.6) is 0 Å². The number of halogens is 1. The van der Waals surface area contributed by atoms with Crippen molar-refractivity contribution >= 4 is 23.6 Å². The molecule has 1 aromatic rings. The Kier molecular flexibility index (Phi) is 7.99. The maximum absolute atomic E-state index is 11.7. The van der Waals surface area contributed by atoms with Crippen molar-refractivity contribution in [3.05, 3.63) is 40.9 Å². The lowest BCUT2D eigenvalue weighted by molar-refractivity contribution is -0.116. The van der Waals surface area contributed by atoms with Crippen LogP contribution in [-0.4, -0.2) is 12.5 Å². The Balaban J connectivity index is 2.27. The van der Waals surface area contributed by atoms with Crippen LogP contribution in [0.4, 0.5) is 0 Å². The Hall–Kier alpha value is -1.28. The van der Waals surface area contributed by atoms with Crippen LogP contribution in [0.1, 0.15) is 44.6 Å². The molecule has 0 saturated heterocycles. The van der Waals surface area contributed by atoms with Gasteiger partial charge in [0, 0.05) is 6.54 Å². The van der Waals surface area contributed by atoms with Crippen LogP contribution >= 0.6 is 11.6 Å². The summed E-state index contributed by atoms with van der Waals surface area (Å²) in [6.07, 6.45) is 7.60. The number of hydrogen-bond acceptors (Lipinski definition) is 1. The molecule has 0 unspecified atom stereocenters. The van der Waals surface area contributed by atoms with E-state index in [-0.39, 0.29) is 10.9 Å². The third kappa shape index (κ3) is 7.02. The smallest absolute Gasteiger partial charge is 0.262 e. The maximum Gasteiger partial charge on any atom is 0.262 e. The number of carbonyl (C=O) groups excluding carboxylic acids is 1. The third-order valence-corrected chi connectivity index (χ3v) is 3.16. The molecule has 0 atom stereocenters. The van der Waals surface area contributed by atoms with Gasteiger partial charge in [-0.1, -0.05) is 74.5 Å². The monoisotopic (exact) mass is 279 g/mol. The van der Waals surface area contributed by atoms with Gasteiger partial charge < -0.3 is 5.32 Å². The first-order chi connectivity index (χ1) is 9.24. The summed E-state index contributed by atoms with van der Waals surface area (Å²) in [5.41, 5.74) is 0.936. The molecule has 1 aromatic carbocycles. The van der Waals surface area contributed by atoms with E-state index >= 15 is 0 Å². The second-order valence-electron chi connectivity index (χ2n) is 4.57. The molecule has 1 N–H and O–H groups in total. The predicted octanol–water partition coefficient (Wildman–Crippen LogP) is 4.35. The topological polar surface area (TPSA) is 29.1 Å². The van der Waals surface area contributed by atoms with E-state index in [4.69, 9.17) is 11.6 Å². The lowest BCUT2D eigenvalue weighted by atomic mass is 10.1. The Bertz CT molecular complexity index is 400. The SMILES string of the molecule is CCCCCCCNC(=O)C(Cl)=Cc1ccccc1. The first-order valence-electron chi connectivity index (χ1n) is 6.94. The van der Waals surface area contributed by atoms with Gasteiger partial charge in [-0.25, -0.2) is 0 Å². The van der Waals surface area contributed by atoms with Gasteiger partial charge in [-0.15, -0.1) is 0 Å². The number of rotatable bonds is 8. The molecule has 3 heteroatoms. The standard InChI is InChI=1S/C16H22ClNO/c1-2-3-4-5-9-12-18-16(19)15(17)13-14-10-7-6-8-11-14/h6-8,10-11,13H,2-5,9,12H2,1H3,(H,18,19). The van der Waals surface area contributed by atoms with Crippen LogP contribution in [0.15, 0.2) is 35.4 Å². The molecule has 0 bridgehead atoms. The van der Waals surface area contributed by atoms with Crippen LogP contribution in [0.3, 0.4) is 0 Å². The predicted molar refractivity (Wildman–Crippen MR) is 82.0 cm³/mol. The largest absolute Gasteiger partial charge is 0.351 e. The minimum atomic E-state index is -0.194. The normalized spacial score (nSPS) is 11.4. The van der Waals surface area contributed by atoms with Crippen LogP contribution < -0.4 is 5.32 Å². The molecule has 1 amide bonds. The summed E-state index contributed by atoms with van der Waals surface area (Å²) in [5.74, 6) is -0.194. The van der Waals surface area contributed by atoms with E-state index < -0.39 is 0 Å². The van der Waals surface area contributed by atoms with Crippen LogP contribution in [-0.2, 0) is 4.79 Å². The van der Waals surface area contributed by atoms with Crippen LogP contribution in [0, 0.1) is 0 Å². The minimum absolute atomic E-state index is 0.194. The highest BCUT2D eigenvalue weighted by atomic mass is 35.5. The molecule has 0 radical (unpaired) electrons. The fraction of sp³-hybridized carbons (Fsp3) is 0.438. The summed E-state index contributed by atoms with van der Waals surface area (Å²) in [6.45, 7) is 2.89. The zero-order valence-corrected chi connectivity index (χ0v) is 12.2. The van der Waals surface area contributed by atoms with Crippen LogP contribution in [0.2, 0.25) is 0 Å². The van der Waals surface area contributed by atoms with Gasteiger partial charge in [0.25, 0.3) is 5.91 Å². The molecule has 0 aliphatic rings. The highest BCUT2D eigenvalue weighted by Gasteiger charge is 2.05. The Labute approximate surface area is 120 Å². The molecule has 1 rings (SSSR count). The van der Waals surface area contributed by atoms with Gasteiger partial charge in [0.1, 0.15) is 5.03 Å². The molecule has 0 heterocycles. The summed E-state index contributed by atoms with van der Waals surface area (Å²) in [6, 6.07) is 9.60. The average molecular weight is 280 g/mol. The quantitative estimate of drug-likeness (QED) is 0.556. The third-order valence-electron chi connectivity index (χ3n) is 2.88. The van der Waals surface area contributed by atoms with Crippen molar-refractivity contribution in [2.24, 2.45) is 0 Å². The number of carbonyl (C=O) groups is 1. The second-order valence-corrected chi connectivity index (χ2v) is 4.98. The van der Waals surface area contributed by atoms with Crippen molar-refractivity contribution in [2.75, 3.05) is 6.54 Å². The van der Waals surface area contributed by atoms with Crippen molar-refractivity contribution in [3.8, 4) is 0 Å². The van der Waals surface area contributed by atoms with E-state index in [1.165, 1.54) is 19.3 Å². The first kappa shape index (κ1) is 15.8. The van der Waals surface area contributed by atoms with Crippen molar-refractivity contribution < 1.29 is 4.79 Å². The number of hydrogen-bond donors (Lipinski definition) is 1. The van der Waals surface area contributed by atoms with Crippen LogP contribution in [0.25, 0.3) is 6.08 Å². The molecular weight excluding hydrogens is 258 g/mol. The maximum atomic E-state index is 11.7. The van der Waals surface area contributed by atoms with Gasteiger partial charge in [0.2, 0.25) is 0 Å². The zero-order chi connectivity index (χ0) is 13.9. The lowest BCUT2D eigenvalue weighted by Crippen LogP contribution is -2.24. The molecule has 19 heavy (non-hydrogen) atoms. The Morgan fingerprint density at radius 1 is 1.16 bits per heavy atom. The summed E-state index contributed by atoms with van der Waals surface area (Å²) >= 11 is 5.98. The Morgan fingerprint density at radius 3 is 2.53 bits per heavy atom. The number of nitrogens with one attached hydrogen (secondary N) is 1. The van der Waals surface area contributed by atoms with Crippen molar-refractivity contribution in [2.45, 2.75) is 39.0 Å². The fourth-order valence-electron chi connectivity index (χ4n) is 1.78. The summed E-state index contributed by atoms with van der Waals surface area (Å²) in [5, 5.41) is 3.08. The van der Waals surface area contributed by atoms with Gasteiger partial charge in [0.05, 0.1) is 0 Å². The van der Waals surface area contributed by atoms with Crippen molar-refractivity contribution in [1.82, 2.24) is 5.32 Å². The number of unbranched alkanes of at least 4 members (excludes halogenated alkanes) is 4. The molecule has 0 aliphatic carbocycles. The van der Waals surface area contributed by atoms with E-state index in [0.717, 1.165) is 18.4 Å². The highest BCUT2D eigenvalue weighted by molar-refractivity contribution is 6.44. The van der Waals surface area contributed by atoms with E-state index in [1.54, 1.807) is 6.08 Å². The van der Waals surface area contributed by atoms with Crippen molar-refractivity contribution in [3.63, 3.8) is 0 Å². The van der Waals surface area contributed by atoms with Gasteiger partial charge in [0.15, 0.2) is 0 Å². The zero-order valence-electron chi connectivity index (χ0n) is 11.5. The van der Waals surface area contributed by atoms with Gasteiger partial charge >= 0.3 is 0 Å². The van der Waals surface area contributed by atoms with Gasteiger partial charge in [-0.05, 0) is 18.1 Å². The number of amides is 1. The van der Waals surface area contributed by atoms with E-state index in [0.29, 0.717) is 6.54 Å². The van der Waals surface area contributed by atoms with Gasteiger partial charge in [-0.3, -0.25) is 4.79 Å². The molecular formula is C16H22ClNO. The molecule has 0 aromatic heterocycles. The summed E-state index contributed by atoms with van der Waals surface area (Å²) in [7, 11) is 0. The summed E-state index contributed by atoms with van der Waals surface area (Å²) < 4.78 is 0. The second kappa shape index (κ2) is 9.62. The molecule has 0 fully saturated rings. The lowest BCUT2D eigenvalue weighted by Gasteiger charge is -2.04. The summed E-state index contributed by atoms with van der Waals surface area (Å²) in [4.78, 5) is 11.7.